The normalized spacial score (nSPS) is 14.0. The number of carbonyl (C=O) groups excluding carboxylic acids is 1. The Morgan fingerprint density at radius 3 is 2.67 bits per heavy atom. The number of anilines is 1. The minimum absolute atomic E-state index is 0.0470. The molecule has 0 fully saturated rings. The lowest BCUT2D eigenvalue weighted by Crippen LogP contribution is -2.17. The number of halogens is 1. The van der Waals surface area contributed by atoms with Gasteiger partial charge in [0.15, 0.2) is 5.82 Å². The first-order valence-corrected chi connectivity index (χ1v) is 13.6. The fraction of sp³-hybridized carbons (Fsp3) is 0.241. The van der Waals surface area contributed by atoms with Crippen LogP contribution in [-0.4, -0.2) is 38.0 Å². The zero-order valence-corrected chi connectivity index (χ0v) is 23.3. The number of benzene rings is 2. The van der Waals surface area contributed by atoms with Gasteiger partial charge < -0.3 is 16.2 Å². The maximum Gasteiger partial charge on any atom is 0.227 e. The summed E-state index contributed by atoms with van der Waals surface area (Å²) in [5, 5.41) is 23.1. The fourth-order valence-corrected chi connectivity index (χ4v) is 5.93. The summed E-state index contributed by atoms with van der Waals surface area (Å²) in [5.41, 5.74) is 11.1. The van der Waals surface area contributed by atoms with Crippen molar-refractivity contribution in [3.63, 3.8) is 0 Å². The summed E-state index contributed by atoms with van der Waals surface area (Å²) in [6.45, 7) is 6.09. The van der Waals surface area contributed by atoms with E-state index in [1.54, 1.807) is 29.5 Å². The number of amides is 1. The zero-order valence-electron chi connectivity index (χ0n) is 21.7. The lowest BCUT2D eigenvalue weighted by atomic mass is 9.99. The lowest BCUT2D eigenvalue weighted by molar-refractivity contribution is -0.116. The number of thiophene rings is 1. The van der Waals surface area contributed by atoms with Crippen molar-refractivity contribution in [2.45, 2.75) is 39.8 Å². The maximum absolute atomic E-state index is 13.3. The van der Waals surface area contributed by atoms with Crippen LogP contribution in [0, 0.1) is 32.6 Å². The van der Waals surface area contributed by atoms with E-state index in [4.69, 9.17) is 22.3 Å². The van der Waals surface area contributed by atoms with E-state index in [9.17, 15) is 9.90 Å². The Hall–Kier alpha value is -3.81. The van der Waals surface area contributed by atoms with Gasteiger partial charge in [-0.05, 0) is 62.2 Å². The molecule has 2 aromatic carbocycles. The Kier molecular flexibility index (Phi) is 7.64. The Labute approximate surface area is 235 Å². The van der Waals surface area contributed by atoms with Crippen LogP contribution in [0.5, 0.6) is 0 Å². The molecule has 5 rings (SSSR count). The van der Waals surface area contributed by atoms with E-state index in [0.717, 1.165) is 33.2 Å². The van der Waals surface area contributed by atoms with Gasteiger partial charge in [0, 0.05) is 32.3 Å². The van der Waals surface area contributed by atoms with Crippen molar-refractivity contribution in [3.05, 3.63) is 91.8 Å². The quantitative estimate of drug-likeness (QED) is 0.309. The summed E-state index contributed by atoms with van der Waals surface area (Å²) in [4.78, 5) is 19.6. The molecule has 1 aliphatic rings. The molecule has 1 atom stereocenters. The summed E-state index contributed by atoms with van der Waals surface area (Å²) in [6, 6.07) is 12.2. The predicted octanol–water partition coefficient (Wildman–Crippen LogP) is 4.63. The number of rotatable bonds is 5. The van der Waals surface area contributed by atoms with Crippen LogP contribution in [0.2, 0.25) is 5.02 Å². The number of aromatic nitrogens is 3. The molecule has 0 spiro atoms. The van der Waals surface area contributed by atoms with E-state index in [-0.39, 0.29) is 25.5 Å². The smallest absolute Gasteiger partial charge is 0.227 e. The van der Waals surface area contributed by atoms with Crippen LogP contribution < -0.4 is 11.1 Å². The molecule has 0 saturated carbocycles. The van der Waals surface area contributed by atoms with Gasteiger partial charge in [0.2, 0.25) is 5.91 Å². The van der Waals surface area contributed by atoms with Gasteiger partial charge in [0.1, 0.15) is 16.9 Å². The third kappa shape index (κ3) is 5.24. The molecule has 1 amide bonds. The number of hydrogen-bond donors (Lipinski definition) is 3. The Morgan fingerprint density at radius 2 is 1.95 bits per heavy atom. The highest BCUT2D eigenvalue weighted by atomic mass is 35.5. The number of aryl methyl sites for hydroxylation is 2. The number of fused-ring (bicyclic) bond motifs is 3. The first-order valence-electron chi connectivity index (χ1n) is 12.4. The molecule has 0 radical (unpaired) electrons. The zero-order chi connectivity index (χ0) is 27.7. The van der Waals surface area contributed by atoms with E-state index in [0.29, 0.717) is 27.7 Å². The standard InChI is InChI=1S/C29H27ClN6O2S/c1-16-17(2)39-29-26(16)27(20-6-9-22(30)10-7-20)33-24(28-35-34-18(3)36(28)29)14-25(38)32-23-11-8-19(5-4-12-31)21(13-23)15-37/h6-11,13,24,37H,12,14-15,31H2,1-3H3,(H,32,38). The number of hydrogen-bond acceptors (Lipinski definition) is 7. The number of aliphatic imine (C=N–C) groups is 1. The molecule has 3 heterocycles. The number of nitrogens with one attached hydrogen (secondary N) is 1. The highest BCUT2D eigenvalue weighted by molar-refractivity contribution is 7.15. The average molecular weight is 559 g/mol. The van der Waals surface area contributed by atoms with Gasteiger partial charge in [0.05, 0.1) is 25.3 Å². The molecule has 4 N–H and O–H groups in total. The Balaban J connectivity index is 1.53. The summed E-state index contributed by atoms with van der Waals surface area (Å²) in [5.74, 6) is 6.82. The number of aliphatic hydroxyl groups excluding tert-OH is 1. The van der Waals surface area contributed by atoms with Crippen molar-refractivity contribution >= 4 is 40.2 Å². The van der Waals surface area contributed by atoms with E-state index in [1.807, 2.05) is 35.8 Å². The molecular formula is C29H27ClN6O2S. The molecule has 0 bridgehead atoms. The third-order valence-corrected chi connectivity index (χ3v) is 8.06. The number of nitrogens with two attached hydrogens (primary N) is 1. The summed E-state index contributed by atoms with van der Waals surface area (Å²) < 4.78 is 2.01. The van der Waals surface area contributed by atoms with Crippen molar-refractivity contribution in [3.8, 4) is 16.8 Å². The molecule has 1 unspecified atom stereocenters. The number of carbonyl (C=O) groups is 1. The van der Waals surface area contributed by atoms with Crippen molar-refractivity contribution in [2.24, 2.45) is 10.7 Å². The highest BCUT2D eigenvalue weighted by Gasteiger charge is 2.32. The van der Waals surface area contributed by atoms with E-state index in [1.165, 1.54) is 4.88 Å². The molecule has 4 aromatic rings. The van der Waals surface area contributed by atoms with Gasteiger partial charge in [-0.25, -0.2) is 0 Å². The van der Waals surface area contributed by atoms with Gasteiger partial charge >= 0.3 is 0 Å². The first-order chi connectivity index (χ1) is 18.8. The second-order valence-electron chi connectivity index (χ2n) is 9.19. The summed E-state index contributed by atoms with van der Waals surface area (Å²) >= 11 is 7.84. The number of aliphatic hydroxyl groups is 1. The lowest BCUT2D eigenvalue weighted by Gasteiger charge is -2.14. The van der Waals surface area contributed by atoms with Crippen LogP contribution >= 0.6 is 22.9 Å². The topological polar surface area (TPSA) is 118 Å². The SMILES string of the molecule is Cc1sc2c(c1C)C(c1ccc(Cl)cc1)=NC(CC(=O)Nc1ccc(C#CCN)c(CO)c1)c1nnc(C)n1-2. The fourth-order valence-electron chi connectivity index (χ4n) is 4.59. The van der Waals surface area contributed by atoms with Crippen molar-refractivity contribution in [2.75, 3.05) is 11.9 Å². The van der Waals surface area contributed by atoms with E-state index in [2.05, 4.69) is 41.2 Å². The molecule has 198 valence electrons. The van der Waals surface area contributed by atoms with Crippen molar-refractivity contribution in [1.82, 2.24) is 14.8 Å². The minimum atomic E-state index is -0.580. The van der Waals surface area contributed by atoms with E-state index < -0.39 is 6.04 Å². The molecule has 0 aliphatic carbocycles. The molecule has 8 nitrogen and oxygen atoms in total. The second kappa shape index (κ2) is 11.1. The Bertz CT molecular complexity index is 1660. The highest BCUT2D eigenvalue weighted by Crippen LogP contribution is 2.39. The Morgan fingerprint density at radius 1 is 1.18 bits per heavy atom. The first kappa shape index (κ1) is 26.8. The van der Waals surface area contributed by atoms with Crippen LogP contribution in [0.4, 0.5) is 5.69 Å². The average Bonchev–Trinajstić information content (AvgIpc) is 3.40. The second-order valence-corrected chi connectivity index (χ2v) is 10.8. The maximum atomic E-state index is 13.3. The van der Waals surface area contributed by atoms with Gasteiger partial charge in [-0.15, -0.1) is 21.5 Å². The summed E-state index contributed by atoms with van der Waals surface area (Å²) in [6.07, 6.45) is 0.0470. The van der Waals surface area contributed by atoms with Gasteiger partial charge in [-0.2, -0.15) is 0 Å². The molecule has 0 saturated heterocycles. The molecule has 10 heteroatoms. The monoisotopic (exact) mass is 558 g/mol. The van der Waals surface area contributed by atoms with Crippen LogP contribution in [0.25, 0.3) is 5.00 Å². The number of nitrogens with zero attached hydrogens (tertiary/aromatic N) is 4. The molecular weight excluding hydrogens is 532 g/mol. The largest absolute Gasteiger partial charge is 0.392 e. The van der Waals surface area contributed by atoms with Gasteiger partial charge in [-0.1, -0.05) is 35.6 Å². The third-order valence-electron chi connectivity index (χ3n) is 6.62. The minimum Gasteiger partial charge on any atom is -0.392 e. The van der Waals surface area contributed by atoms with Crippen LogP contribution in [0.15, 0.2) is 47.5 Å². The predicted molar refractivity (Wildman–Crippen MR) is 155 cm³/mol. The molecule has 1 aliphatic heterocycles. The molecule has 2 aromatic heterocycles. The van der Waals surface area contributed by atoms with Crippen molar-refractivity contribution in [1.29, 1.82) is 0 Å². The van der Waals surface area contributed by atoms with Gasteiger partial charge in [-0.3, -0.25) is 14.4 Å². The van der Waals surface area contributed by atoms with Gasteiger partial charge in [0.25, 0.3) is 0 Å². The van der Waals surface area contributed by atoms with Crippen LogP contribution in [-0.2, 0) is 11.4 Å². The van der Waals surface area contributed by atoms with Crippen LogP contribution in [0.1, 0.15) is 56.8 Å². The van der Waals surface area contributed by atoms with E-state index >= 15 is 0 Å². The summed E-state index contributed by atoms with van der Waals surface area (Å²) in [7, 11) is 0. The van der Waals surface area contributed by atoms with Crippen LogP contribution in [0.3, 0.4) is 0 Å². The van der Waals surface area contributed by atoms with Crippen molar-refractivity contribution < 1.29 is 9.90 Å². The molecule has 39 heavy (non-hydrogen) atoms.